The summed E-state index contributed by atoms with van der Waals surface area (Å²) >= 11 is 0. The summed E-state index contributed by atoms with van der Waals surface area (Å²) in [4.78, 5) is 4.03. The molecule has 1 saturated carbocycles. The summed E-state index contributed by atoms with van der Waals surface area (Å²) in [6, 6.07) is 1.59. The molecule has 2 rings (SSSR count). The molecular weight excluding hydrogens is 267 g/mol. The summed E-state index contributed by atoms with van der Waals surface area (Å²) in [5, 5.41) is 3.52. The third kappa shape index (κ3) is 4.01. The number of nitrogens with one attached hydrogen (secondary N) is 1. The zero-order valence-corrected chi connectivity index (χ0v) is 13.2. The summed E-state index contributed by atoms with van der Waals surface area (Å²) in [6.45, 7) is 5.64. The van der Waals surface area contributed by atoms with E-state index in [9.17, 15) is 4.39 Å². The topological polar surface area (TPSA) is 34.2 Å². The Hall–Kier alpha value is -1.00. The minimum atomic E-state index is -0.282. The average Bonchev–Trinajstić information content (AvgIpc) is 2.71. The molecule has 1 aromatic rings. The Morgan fingerprint density at radius 1 is 1.24 bits per heavy atom. The van der Waals surface area contributed by atoms with E-state index in [-0.39, 0.29) is 17.5 Å². The van der Waals surface area contributed by atoms with Crippen LogP contribution in [-0.4, -0.2) is 23.7 Å². The first-order valence-electron chi connectivity index (χ1n) is 8.19. The van der Waals surface area contributed by atoms with Gasteiger partial charge in [0.15, 0.2) is 0 Å². The predicted octanol–water partition coefficient (Wildman–Crippen LogP) is 4.00. The van der Waals surface area contributed by atoms with Crippen molar-refractivity contribution in [2.75, 3.05) is 13.2 Å². The van der Waals surface area contributed by atoms with Crippen LogP contribution in [0.3, 0.4) is 0 Å². The number of aromatic nitrogens is 1. The third-order valence-electron chi connectivity index (χ3n) is 4.38. The number of likely N-dealkylation sites (N-methyl/N-ethyl adjacent to an activating group) is 1. The van der Waals surface area contributed by atoms with Crippen LogP contribution in [-0.2, 0) is 4.74 Å². The van der Waals surface area contributed by atoms with Gasteiger partial charge in [-0.05, 0) is 37.9 Å². The molecule has 1 fully saturated rings. The van der Waals surface area contributed by atoms with Gasteiger partial charge in [-0.2, -0.15) is 0 Å². The van der Waals surface area contributed by atoms with Gasteiger partial charge in [0, 0.05) is 12.8 Å². The van der Waals surface area contributed by atoms with E-state index < -0.39 is 0 Å². The number of ether oxygens (including phenoxy) is 1. The number of halogens is 1. The largest absolute Gasteiger partial charge is 0.373 e. The molecule has 1 heterocycles. The first-order chi connectivity index (χ1) is 10.2. The molecule has 0 amide bonds. The van der Waals surface area contributed by atoms with Gasteiger partial charge in [0.05, 0.1) is 17.8 Å². The summed E-state index contributed by atoms with van der Waals surface area (Å²) in [5.41, 5.74) is 0.656. The molecule has 1 aliphatic carbocycles. The Bertz CT molecular complexity index is 431. The molecule has 1 atom stereocenters. The number of hydrogen-bond acceptors (Lipinski definition) is 3. The smallest absolute Gasteiger partial charge is 0.141 e. The highest BCUT2D eigenvalue weighted by Crippen LogP contribution is 2.40. The van der Waals surface area contributed by atoms with Crippen LogP contribution >= 0.6 is 0 Å². The van der Waals surface area contributed by atoms with Gasteiger partial charge in [-0.3, -0.25) is 4.98 Å². The lowest BCUT2D eigenvalue weighted by molar-refractivity contribution is -0.0780. The molecule has 0 spiro atoms. The molecular formula is C17H27FN2O. The van der Waals surface area contributed by atoms with Crippen molar-refractivity contribution >= 4 is 0 Å². The van der Waals surface area contributed by atoms with Crippen molar-refractivity contribution in [3.63, 3.8) is 0 Å². The fraction of sp³-hybridized carbons (Fsp3) is 0.706. The van der Waals surface area contributed by atoms with Crippen molar-refractivity contribution in [2.45, 2.75) is 64.0 Å². The van der Waals surface area contributed by atoms with Crippen molar-refractivity contribution in [3.05, 3.63) is 29.8 Å². The summed E-state index contributed by atoms with van der Waals surface area (Å²) in [6.07, 6.45) is 9.93. The quantitative estimate of drug-likeness (QED) is 0.805. The first-order valence-corrected chi connectivity index (χ1v) is 8.19. The number of hydrogen-bond donors (Lipinski definition) is 1. The Morgan fingerprint density at radius 3 is 2.52 bits per heavy atom. The van der Waals surface area contributed by atoms with Gasteiger partial charge in [0.2, 0.25) is 0 Å². The summed E-state index contributed by atoms with van der Waals surface area (Å²) in [5.74, 6) is -0.282. The number of pyridine rings is 1. The fourth-order valence-electron chi connectivity index (χ4n) is 3.53. The van der Waals surface area contributed by atoms with Gasteiger partial charge in [-0.1, -0.05) is 32.6 Å². The lowest BCUT2D eigenvalue weighted by Gasteiger charge is -2.41. The lowest BCUT2D eigenvalue weighted by atomic mass is 9.82. The molecule has 0 saturated heterocycles. The third-order valence-corrected chi connectivity index (χ3v) is 4.38. The van der Waals surface area contributed by atoms with E-state index in [1.54, 1.807) is 12.3 Å². The maximum Gasteiger partial charge on any atom is 0.141 e. The van der Waals surface area contributed by atoms with Crippen LogP contribution in [0, 0.1) is 5.82 Å². The van der Waals surface area contributed by atoms with Crippen LogP contribution in [0.25, 0.3) is 0 Å². The molecule has 0 aliphatic heterocycles. The molecule has 3 nitrogen and oxygen atoms in total. The molecule has 1 aromatic heterocycles. The monoisotopic (exact) mass is 294 g/mol. The van der Waals surface area contributed by atoms with Crippen molar-refractivity contribution in [2.24, 2.45) is 0 Å². The Kier molecular flexibility index (Phi) is 6.12. The van der Waals surface area contributed by atoms with Gasteiger partial charge >= 0.3 is 0 Å². The van der Waals surface area contributed by atoms with Crippen LogP contribution in [0.15, 0.2) is 18.5 Å². The second kappa shape index (κ2) is 7.85. The van der Waals surface area contributed by atoms with E-state index in [4.69, 9.17) is 4.74 Å². The summed E-state index contributed by atoms with van der Waals surface area (Å²) in [7, 11) is 0. The molecule has 0 radical (unpaired) electrons. The molecule has 0 bridgehead atoms. The normalized spacial score (nSPS) is 20.0. The second-order valence-corrected chi connectivity index (χ2v) is 5.84. The van der Waals surface area contributed by atoms with E-state index in [1.165, 1.54) is 31.9 Å². The number of rotatable bonds is 6. The highest BCUT2D eigenvalue weighted by atomic mass is 19.1. The molecule has 21 heavy (non-hydrogen) atoms. The Labute approximate surface area is 127 Å². The molecule has 118 valence electrons. The lowest BCUT2D eigenvalue weighted by Crippen LogP contribution is -2.46. The Balaban J connectivity index is 2.35. The van der Waals surface area contributed by atoms with Crippen molar-refractivity contribution in [3.8, 4) is 0 Å². The minimum Gasteiger partial charge on any atom is -0.373 e. The molecule has 4 heteroatoms. The van der Waals surface area contributed by atoms with Crippen LogP contribution < -0.4 is 5.32 Å². The highest BCUT2D eigenvalue weighted by Gasteiger charge is 2.40. The highest BCUT2D eigenvalue weighted by molar-refractivity contribution is 5.20. The SMILES string of the molecule is CCNC(c1cncc(F)c1)C1(OCC)CCCCCC1. The first kappa shape index (κ1) is 16.4. The van der Waals surface area contributed by atoms with Gasteiger partial charge < -0.3 is 10.1 Å². The van der Waals surface area contributed by atoms with E-state index >= 15 is 0 Å². The van der Waals surface area contributed by atoms with Crippen molar-refractivity contribution in [1.29, 1.82) is 0 Å². The van der Waals surface area contributed by atoms with Crippen LogP contribution in [0.5, 0.6) is 0 Å². The van der Waals surface area contributed by atoms with Gasteiger partial charge in [-0.25, -0.2) is 4.39 Å². The predicted molar refractivity (Wildman–Crippen MR) is 82.7 cm³/mol. The molecule has 1 unspecified atom stereocenters. The second-order valence-electron chi connectivity index (χ2n) is 5.84. The van der Waals surface area contributed by atoms with Crippen molar-refractivity contribution in [1.82, 2.24) is 10.3 Å². The minimum absolute atomic E-state index is 0.00347. The van der Waals surface area contributed by atoms with Gasteiger partial charge in [0.1, 0.15) is 5.82 Å². The van der Waals surface area contributed by atoms with Crippen LogP contribution in [0.2, 0.25) is 0 Å². The maximum absolute atomic E-state index is 13.6. The average molecular weight is 294 g/mol. The number of nitrogens with zero attached hydrogens (tertiary/aromatic N) is 1. The zero-order chi connectivity index (χ0) is 15.1. The van der Waals surface area contributed by atoms with E-state index in [0.717, 1.165) is 24.9 Å². The molecule has 1 aliphatic rings. The fourth-order valence-corrected chi connectivity index (χ4v) is 3.53. The van der Waals surface area contributed by atoms with Crippen LogP contribution in [0.4, 0.5) is 4.39 Å². The van der Waals surface area contributed by atoms with Gasteiger partial charge in [0.25, 0.3) is 0 Å². The van der Waals surface area contributed by atoms with Crippen LogP contribution in [0.1, 0.15) is 64.0 Å². The summed E-state index contributed by atoms with van der Waals surface area (Å²) < 4.78 is 19.8. The van der Waals surface area contributed by atoms with E-state index in [0.29, 0.717) is 6.61 Å². The molecule has 0 aromatic carbocycles. The van der Waals surface area contributed by atoms with Crippen molar-refractivity contribution < 1.29 is 9.13 Å². The van der Waals surface area contributed by atoms with Gasteiger partial charge in [-0.15, -0.1) is 0 Å². The molecule has 1 N–H and O–H groups in total. The maximum atomic E-state index is 13.6. The van der Waals surface area contributed by atoms with E-state index in [2.05, 4.69) is 17.2 Å². The standard InChI is InChI=1S/C17H27FN2O/c1-3-20-16(14-11-15(18)13-19-12-14)17(21-4-2)9-7-5-6-8-10-17/h11-13,16,20H,3-10H2,1-2H3. The Morgan fingerprint density at radius 2 is 1.95 bits per heavy atom. The van der Waals surface area contributed by atoms with E-state index in [1.807, 2.05) is 6.92 Å². The zero-order valence-electron chi connectivity index (χ0n) is 13.2.